The molecule has 2 saturated carbocycles. The van der Waals surface area contributed by atoms with Gasteiger partial charge in [0.25, 0.3) is 0 Å². The van der Waals surface area contributed by atoms with Crippen molar-refractivity contribution in [1.82, 2.24) is 10.2 Å². The fraction of sp³-hybridized carbons (Fsp3) is 0.818. The van der Waals surface area contributed by atoms with Gasteiger partial charge in [-0.2, -0.15) is 5.26 Å². The van der Waals surface area contributed by atoms with Crippen molar-refractivity contribution in [2.24, 2.45) is 0 Å². The van der Waals surface area contributed by atoms with E-state index in [4.69, 9.17) is 5.26 Å². The quantitative estimate of drug-likeness (QED) is 0.695. The van der Waals surface area contributed by atoms with Gasteiger partial charge in [-0.05, 0) is 25.7 Å². The molecule has 15 heavy (non-hydrogen) atoms. The van der Waals surface area contributed by atoms with E-state index >= 15 is 0 Å². The molecule has 82 valence electrons. The van der Waals surface area contributed by atoms with Gasteiger partial charge in [-0.15, -0.1) is 0 Å². The van der Waals surface area contributed by atoms with Gasteiger partial charge in [-0.3, -0.25) is 9.69 Å². The first-order valence-corrected chi connectivity index (χ1v) is 5.70. The second-order valence-electron chi connectivity index (χ2n) is 4.45. The summed E-state index contributed by atoms with van der Waals surface area (Å²) in [6, 6.07) is 3.13. The fourth-order valence-electron chi connectivity index (χ4n) is 1.71. The smallest absolute Gasteiger partial charge is 0.234 e. The van der Waals surface area contributed by atoms with Gasteiger partial charge in [-0.25, -0.2) is 0 Å². The molecule has 0 aromatic heterocycles. The molecule has 2 aliphatic rings. The van der Waals surface area contributed by atoms with Crippen molar-refractivity contribution in [2.45, 2.75) is 44.2 Å². The molecule has 1 amide bonds. The molecule has 0 aromatic carbocycles. The summed E-state index contributed by atoms with van der Waals surface area (Å²) in [5.74, 6) is 0.127. The molecule has 0 saturated heterocycles. The zero-order chi connectivity index (χ0) is 10.7. The average Bonchev–Trinajstić information content (AvgIpc) is 3.01. The van der Waals surface area contributed by atoms with Gasteiger partial charge in [0.05, 0.1) is 12.6 Å². The zero-order valence-corrected chi connectivity index (χ0v) is 8.91. The lowest BCUT2D eigenvalue weighted by Crippen LogP contribution is -2.39. The minimum atomic E-state index is 0.127. The van der Waals surface area contributed by atoms with E-state index in [2.05, 4.69) is 16.3 Å². The molecule has 0 unspecified atom stereocenters. The Morgan fingerprint density at radius 2 is 2.13 bits per heavy atom. The molecular formula is C11H17N3O. The highest BCUT2D eigenvalue weighted by molar-refractivity contribution is 5.78. The van der Waals surface area contributed by atoms with E-state index in [1.807, 2.05) is 0 Å². The van der Waals surface area contributed by atoms with Crippen molar-refractivity contribution in [3.8, 4) is 6.07 Å². The van der Waals surface area contributed by atoms with Crippen molar-refractivity contribution < 1.29 is 4.79 Å². The third-order valence-electron chi connectivity index (χ3n) is 2.86. The highest BCUT2D eigenvalue weighted by Gasteiger charge is 2.31. The second-order valence-corrected chi connectivity index (χ2v) is 4.45. The molecule has 0 heterocycles. The number of hydrogen-bond donors (Lipinski definition) is 1. The van der Waals surface area contributed by atoms with E-state index in [9.17, 15) is 4.79 Å². The highest BCUT2D eigenvalue weighted by atomic mass is 16.2. The second kappa shape index (κ2) is 4.63. The number of nitriles is 1. The summed E-state index contributed by atoms with van der Waals surface area (Å²) in [6.07, 6.45) is 5.15. The normalized spacial score (nSPS) is 20.0. The largest absolute Gasteiger partial charge is 0.352 e. The van der Waals surface area contributed by atoms with E-state index in [-0.39, 0.29) is 5.91 Å². The molecule has 0 atom stereocenters. The van der Waals surface area contributed by atoms with Gasteiger partial charge in [0.15, 0.2) is 0 Å². The lowest BCUT2D eigenvalue weighted by Gasteiger charge is -2.19. The molecule has 0 bridgehead atoms. The number of amides is 1. The first-order valence-electron chi connectivity index (χ1n) is 5.70. The van der Waals surface area contributed by atoms with E-state index in [0.717, 1.165) is 19.4 Å². The third kappa shape index (κ3) is 3.52. The minimum absolute atomic E-state index is 0.127. The first kappa shape index (κ1) is 10.4. The van der Waals surface area contributed by atoms with Crippen LogP contribution in [0.15, 0.2) is 0 Å². The molecule has 4 heteroatoms. The van der Waals surface area contributed by atoms with Crippen molar-refractivity contribution in [2.75, 3.05) is 13.1 Å². The van der Waals surface area contributed by atoms with Gasteiger partial charge in [-0.1, -0.05) is 0 Å². The lowest BCUT2D eigenvalue weighted by atomic mass is 10.3. The maximum absolute atomic E-state index is 11.6. The lowest BCUT2D eigenvalue weighted by molar-refractivity contribution is -0.122. The number of hydrogen-bond acceptors (Lipinski definition) is 3. The molecule has 2 fully saturated rings. The van der Waals surface area contributed by atoms with Crippen LogP contribution in [0.25, 0.3) is 0 Å². The summed E-state index contributed by atoms with van der Waals surface area (Å²) in [6.45, 7) is 1.21. The Morgan fingerprint density at radius 1 is 1.40 bits per heavy atom. The number of nitrogens with zero attached hydrogens (tertiary/aromatic N) is 2. The Bertz CT molecular complexity index is 276. The summed E-state index contributed by atoms with van der Waals surface area (Å²) in [4.78, 5) is 13.7. The highest BCUT2D eigenvalue weighted by Crippen LogP contribution is 2.26. The molecule has 4 nitrogen and oxygen atoms in total. The molecule has 0 aliphatic heterocycles. The molecule has 0 spiro atoms. The Hall–Kier alpha value is -1.08. The number of nitrogens with one attached hydrogen (secondary N) is 1. The number of carbonyl (C=O) groups is 1. The van der Waals surface area contributed by atoms with Gasteiger partial charge >= 0.3 is 0 Å². The summed E-state index contributed by atoms with van der Waals surface area (Å²) < 4.78 is 0. The van der Waals surface area contributed by atoms with Crippen molar-refractivity contribution in [3.05, 3.63) is 0 Å². The molecule has 2 aliphatic carbocycles. The summed E-state index contributed by atoms with van der Waals surface area (Å²) in [5.41, 5.74) is 0. The van der Waals surface area contributed by atoms with Gasteiger partial charge in [0, 0.05) is 25.0 Å². The van der Waals surface area contributed by atoms with Crippen LogP contribution < -0.4 is 5.32 Å². The van der Waals surface area contributed by atoms with E-state index in [1.165, 1.54) is 12.8 Å². The Morgan fingerprint density at radius 3 is 2.67 bits per heavy atom. The average molecular weight is 207 g/mol. The van der Waals surface area contributed by atoms with Gasteiger partial charge in [0.1, 0.15) is 0 Å². The van der Waals surface area contributed by atoms with Crippen LogP contribution >= 0.6 is 0 Å². The zero-order valence-electron chi connectivity index (χ0n) is 8.91. The van der Waals surface area contributed by atoms with Crippen molar-refractivity contribution in [3.63, 3.8) is 0 Å². The Balaban J connectivity index is 1.72. The number of carbonyl (C=O) groups excluding carboxylic acids is 1. The van der Waals surface area contributed by atoms with E-state index < -0.39 is 0 Å². The van der Waals surface area contributed by atoms with Crippen LogP contribution in [0.1, 0.15) is 32.1 Å². The van der Waals surface area contributed by atoms with Gasteiger partial charge < -0.3 is 5.32 Å². The summed E-state index contributed by atoms with van der Waals surface area (Å²) in [5, 5.41) is 11.5. The first-order chi connectivity index (χ1) is 7.29. The molecule has 0 aromatic rings. The minimum Gasteiger partial charge on any atom is -0.352 e. The Labute approximate surface area is 90.2 Å². The van der Waals surface area contributed by atoms with Crippen molar-refractivity contribution in [1.29, 1.82) is 5.26 Å². The predicted molar refractivity (Wildman–Crippen MR) is 56.0 cm³/mol. The van der Waals surface area contributed by atoms with Crippen LogP contribution in [0.4, 0.5) is 0 Å². The van der Waals surface area contributed by atoms with E-state index in [0.29, 0.717) is 25.0 Å². The SMILES string of the molecule is N#CCCN(CC(=O)NC1CC1)C1CC1. The third-order valence-corrected chi connectivity index (χ3v) is 2.86. The summed E-state index contributed by atoms with van der Waals surface area (Å²) in [7, 11) is 0. The summed E-state index contributed by atoms with van der Waals surface area (Å²) >= 11 is 0. The predicted octanol–water partition coefficient (Wildman–Crippen LogP) is 0.643. The van der Waals surface area contributed by atoms with E-state index in [1.54, 1.807) is 0 Å². The van der Waals surface area contributed by atoms with Crippen LogP contribution in [0, 0.1) is 11.3 Å². The van der Waals surface area contributed by atoms with Crippen molar-refractivity contribution >= 4 is 5.91 Å². The van der Waals surface area contributed by atoms with Crippen LogP contribution in [0.2, 0.25) is 0 Å². The van der Waals surface area contributed by atoms with Crippen LogP contribution in [0.3, 0.4) is 0 Å². The fourth-order valence-corrected chi connectivity index (χ4v) is 1.71. The van der Waals surface area contributed by atoms with Crippen LogP contribution in [-0.4, -0.2) is 36.0 Å². The number of rotatable bonds is 6. The maximum Gasteiger partial charge on any atom is 0.234 e. The molecule has 1 N–H and O–H groups in total. The van der Waals surface area contributed by atoms with Crippen LogP contribution in [0.5, 0.6) is 0 Å². The van der Waals surface area contributed by atoms with Crippen LogP contribution in [-0.2, 0) is 4.79 Å². The maximum atomic E-state index is 11.6. The molecule has 2 rings (SSSR count). The molecule has 0 radical (unpaired) electrons. The molecular weight excluding hydrogens is 190 g/mol. The monoisotopic (exact) mass is 207 g/mol. The standard InChI is InChI=1S/C11H17N3O/c12-6-1-7-14(10-4-5-10)8-11(15)13-9-2-3-9/h9-10H,1-5,7-8H2,(H,13,15). The Kier molecular flexibility index (Phi) is 3.22. The van der Waals surface area contributed by atoms with Gasteiger partial charge in [0.2, 0.25) is 5.91 Å². The topological polar surface area (TPSA) is 56.1 Å².